The average molecular weight is 261 g/mol. The summed E-state index contributed by atoms with van der Waals surface area (Å²) in [6.07, 6.45) is -4.64. The van der Waals surface area contributed by atoms with Crippen molar-refractivity contribution in [2.45, 2.75) is 26.8 Å². The van der Waals surface area contributed by atoms with Crippen LogP contribution >= 0.6 is 0 Å². The molecule has 18 heavy (non-hydrogen) atoms. The molecule has 5 heteroatoms. The Bertz CT molecular complexity index is 377. The maximum absolute atomic E-state index is 12.1. The van der Waals surface area contributed by atoms with Crippen LogP contribution in [-0.2, 0) is 6.54 Å². The highest BCUT2D eigenvalue weighted by molar-refractivity contribution is 5.28. The molecule has 0 atom stereocenters. The first-order valence-corrected chi connectivity index (χ1v) is 5.79. The highest BCUT2D eigenvalue weighted by Crippen LogP contribution is 2.23. The first kappa shape index (κ1) is 14.8. The summed E-state index contributed by atoms with van der Waals surface area (Å²) in [6.45, 7) is 5.69. The SMILES string of the molecule is CC(C)CN(C)Cc1cccc(OC(F)(F)F)c1. The predicted molar refractivity (Wildman–Crippen MR) is 64.3 cm³/mol. The van der Waals surface area contributed by atoms with Crippen molar-refractivity contribution >= 4 is 0 Å². The molecule has 0 unspecified atom stereocenters. The molecule has 0 aliphatic heterocycles. The molecular weight excluding hydrogens is 243 g/mol. The average Bonchev–Trinajstić information content (AvgIpc) is 2.13. The monoisotopic (exact) mass is 261 g/mol. The Hall–Kier alpha value is -1.23. The van der Waals surface area contributed by atoms with Crippen LogP contribution in [-0.4, -0.2) is 24.9 Å². The molecule has 2 nitrogen and oxygen atoms in total. The Morgan fingerprint density at radius 2 is 1.94 bits per heavy atom. The molecule has 0 saturated carbocycles. The van der Waals surface area contributed by atoms with Crippen molar-refractivity contribution in [2.75, 3.05) is 13.6 Å². The van der Waals surface area contributed by atoms with Gasteiger partial charge in [0.15, 0.2) is 0 Å². The van der Waals surface area contributed by atoms with E-state index in [1.807, 2.05) is 7.05 Å². The topological polar surface area (TPSA) is 12.5 Å². The van der Waals surface area contributed by atoms with Gasteiger partial charge in [-0.05, 0) is 30.7 Å². The Morgan fingerprint density at radius 1 is 1.28 bits per heavy atom. The quantitative estimate of drug-likeness (QED) is 0.801. The second-order valence-corrected chi connectivity index (χ2v) is 4.79. The van der Waals surface area contributed by atoms with Gasteiger partial charge in [-0.3, -0.25) is 0 Å². The number of hydrogen-bond donors (Lipinski definition) is 0. The van der Waals surface area contributed by atoms with Crippen molar-refractivity contribution in [3.8, 4) is 5.75 Å². The van der Waals surface area contributed by atoms with Crippen molar-refractivity contribution in [2.24, 2.45) is 5.92 Å². The highest BCUT2D eigenvalue weighted by atomic mass is 19.4. The van der Waals surface area contributed by atoms with E-state index < -0.39 is 6.36 Å². The number of rotatable bonds is 5. The van der Waals surface area contributed by atoms with Crippen molar-refractivity contribution in [1.29, 1.82) is 0 Å². The van der Waals surface area contributed by atoms with Crippen LogP contribution in [0, 0.1) is 5.92 Å². The minimum absolute atomic E-state index is 0.169. The molecule has 0 spiro atoms. The predicted octanol–water partition coefficient (Wildman–Crippen LogP) is 3.67. The molecule has 0 fully saturated rings. The van der Waals surface area contributed by atoms with E-state index in [2.05, 4.69) is 23.5 Å². The largest absolute Gasteiger partial charge is 0.573 e. The summed E-state index contributed by atoms with van der Waals surface area (Å²) in [4.78, 5) is 2.07. The molecule has 0 aromatic heterocycles. The minimum atomic E-state index is -4.64. The van der Waals surface area contributed by atoms with Gasteiger partial charge in [0.1, 0.15) is 5.75 Å². The van der Waals surface area contributed by atoms with Crippen molar-refractivity contribution in [3.05, 3.63) is 29.8 Å². The van der Waals surface area contributed by atoms with Gasteiger partial charge in [0, 0.05) is 13.1 Å². The Balaban J connectivity index is 2.65. The molecule has 0 radical (unpaired) electrons. The van der Waals surface area contributed by atoms with Gasteiger partial charge in [0.25, 0.3) is 0 Å². The second kappa shape index (κ2) is 6.09. The van der Waals surface area contributed by atoms with E-state index in [-0.39, 0.29) is 5.75 Å². The maximum Gasteiger partial charge on any atom is 0.573 e. The van der Waals surface area contributed by atoms with Crippen LogP contribution in [0.5, 0.6) is 5.75 Å². The summed E-state index contributed by atoms with van der Waals surface area (Å²) < 4.78 is 40.1. The number of halogens is 3. The second-order valence-electron chi connectivity index (χ2n) is 4.79. The Morgan fingerprint density at radius 3 is 2.50 bits per heavy atom. The van der Waals surface area contributed by atoms with Gasteiger partial charge < -0.3 is 9.64 Å². The minimum Gasteiger partial charge on any atom is -0.406 e. The van der Waals surface area contributed by atoms with E-state index in [0.29, 0.717) is 12.5 Å². The molecule has 0 N–H and O–H groups in total. The van der Waals surface area contributed by atoms with Gasteiger partial charge in [0.2, 0.25) is 0 Å². The number of alkyl halides is 3. The van der Waals surface area contributed by atoms with E-state index in [9.17, 15) is 13.2 Å². The van der Waals surface area contributed by atoms with Crippen molar-refractivity contribution in [3.63, 3.8) is 0 Å². The third-order valence-electron chi connectivity index (χ3n) is 2.26. The molecule has 102 valence electrons. The lowest BCUT2D eigenvalue weighted by Crippen LogP contribution is -2.22. The lowest BCUT2D eigenvalue weighted by atomic mass is 10.1. The maximum atomic E-state index is 12.1. The normalized spacial score (nSPS) is 12.2. The smallest absolute Gasteiger partial charge is 0.406 e. The molecule has 0 bridgehead atoms. The lowest BCUT2D eigenvalue weighted by molar-refractivity contribution is -0.274. The van der Waals surface area contributed by atoms with Crippen LogP contribution in [0.4, 0.5) is 13.2 Å². The Kier molecular flexibility index (Phi) is 5.02. The Labute approximate surface area is 105 Å². The van der Waals surface area contributed by atoms with Crippen molar-refractivity contribution in [1.82, 2.24) is 4.90 Å². The molecular formula is C13H18F3NO. The number of hydrogen-bond acceptors (Lipinski definition) is 2. The van der Waals surface area contributed by atoms with E-state index >= 15 is 0 Å². The van der Waals surface area contributed by atoms with Crippen LogP contribution in [0.1, 0.15) is 19.4 Å². The van der Waals surface area contributed by atoms with Crippen LogP contribution in [0.25, 0.3) is 0 Å². The van der Waals surface area contributed by atoms with E-state index in [4.69, 9.17) is 0 Å². The fourth-order valence-electron chi connectivity index (χ4n) is 1.84. The summed E-state index contributed by atoms with van der Waals surface area (Å²) >= 11 is 0. The number of benzene rings is 1. The zero-order valence-electron chi connectivity index (χ0n) is 10.8. The third-order valence-corrected chi connectivity index (χ3v) is 2.26. The van der Waals surface area contributed by atoms with Crippen LogP contribution in [0.2, 0.25) is 0 Å². The zero-order valence-corrected chi connectivity index (χ0v) is 10.8. The molecule has 1 rings (SSSR count). The molecule has 0 aliphatic carbocycles. The molecule has 0 saturated heterocycles. The van der Waals surface area contributed by atoms with Crippen LogP contribution in [0.3, 0.4) is 0 Å². The third kappa shape index (κ3) is 5.91. The van der Waals surface area contributed by atoms with Crippen molar-refractivity contribution < 1.29 is 17.9 Å². The van der Waals surface area contributed by atoms with E-state index in [0.717, 1.165) is 12.1 Å². The van der Waals surface area contributed by atoms with Gasteiger partial charge in [-0.25, -0.2) is 0 Å². The molecule has 0 aliphatic rings. The van der Waals surface area contributed by atoms with Crippen LogP contribution in [0.15, 0.2) is 24.3 Å². The van der Waals surface area contributed by atoms with E-state index in [1.54, 1.807) is 12.1 Å². The number of nitrogens with zero attached hydrogens (tertiary/aromatic N) is 1. The van der Waals surface area contributed by atoms with Gasteiger partial charge in [-0.2, -0.15) is 0 Å². The standard InChI is InChI=1S/C13H18F3NO/c1-10(2)8-17(3)9-11-5-4-6-12(7-11)18-13(14,15)16/h4-7,10H,8-9H2,1-3H3. The van der Waals surface area contributed by atoms with Crippen LogP contribution < -0.4 is 4.74 Å². The zero-order chi connectivity index (χ0) is 13.8. The molecule has 0 amide bonds. The van der Waals surface area contributed by atoms with Gasteiger partial charge in [0.05, 0.1) is 0 Å². The first-order valence-electron chi connectivity index (χ1n) is 5.79. The van der Waals surface area contributed by atoms with Gasteiger partial charge >= 0.3 is 6.36 Å². The summed E-state index contributed by atoms with van der Waals surface area (Å²) in [5, 5.41) is 0. The number of ether oxygens (including phenoxy) is 1. The highest BCUT2D eigenvalue weighted by Gasteiger charge is 2.31. The van der Waals surface area contributed by atoms with Gasteiger partial charge in [-0.15, -0.1) is 13.2 Å². The summed E-state index contributed by atoms with van der Waals surface area (Å²) in [5.74, 6) is 0.350. The lowest BCUT2D eigenvalue weighted by Gasteiger charge is -2.19. The van der Waals surface area contributed by atoms with Gasteiger partial charge in [-0.1, -0.05) is 26.0 Å². The molecule has 0 heterocycles. The first-order chi connectivity index (χ1) is 8.26. The fraction of sp³-hybridized carbons (Fsp3) is 0.538. The fourth-order valence-corrected chi connectivity index (χ4v) is 1.84. The summed E-state index contributed by atoms with van der Waals surface area (Å²) in [6, 6.07) is 6.09. The van der Waals surface area contributed by atoms with E-state index in [1.165, 1.54) is 12.1 Å². The molecule has 1 aromatic carbocycles. The summed E-state index contributed by atoms with van der Waals surface area (Å²) in [5.41, 5.74) is 0.805. The molecule has 1 aromatic rings. The summed E-state index contributed by atoms with van der Waals surface area (Å²) in [7, 11) is 1.94.